The Morgan fingerprint density at radius 2 is 1.76 bits per heavy atom. The molecule has 2 heterocycles. The van der Waals surface area contributed by atoms with Crippen LogP contribution in [0.2, 0.25) is 0 Å². The summed E-state index contributed by atoms with van der Waals surface area (Å²) in [4.78, 5) is 32.2. The SMILES string of the molecule is CCC(CC)C(=O)Nc1ccc(N2CCC(C(C(=O)Nc3nc(C)cs3)c3ccccc3)CC2)c(F)c1. The lowest BCUT2D eigenvalue weighted by atomic mass is 9.79. The van der Waals surface area contributed by atoms with Gasteiger partial charge in [0.1, 0.15) is 5.82 Å². The van der Waals surface area contributed by atoms with Gasteiger partial charge in [0.05, 0.1) is 17.3 Å². The van der Waals surface area contributed by atoms with Gasteiger partial charge in [-0.25, -0.2) is 9.37 Å². The Morgan fingerprint density at radius 3 is 2.35 bits per heavy atom. The van der Waals surface area contributed by atoms with Crippen LogP contribution in [0.1, 0.15) is 56.7 Å². The maximum Gasteiger partial charge on any atom is 0.233 e. The minimum atomic E-state index is -0.350. The molecule has 3 aromatic rings. The van der Waals surface area contributed by atoms with Crippen LogP contribution in [0.4, 0.5) is 20.9 Å². The lowest BCUT2D eigenvalue weighted by Gasteiger charge is -2.37. The van der Waals surface area contributed by atoms with Crippen molar-refractivity contribution in [3.63, 3.8) is 0 Å². The summed E-state index contributed by atoms with van der Waals surface area (Å²) in [6, 6.07) is 14.8. The molecule has 0 spiro atoms. The van der Waals surface area contributed by atoms with Gasteiger partial charge in [0.25, 0.3) is 0 Å². The van der Waals surface area contributed by atoms with Crippen LogP contribution in [0.5, 0.6) is 0 Å². The van der Waals surface area contributed by atoms with Crippen molar-refractivity contribution in [1.82, 2.24) is 4.98 Å². The van der Waals surface area contributed by atoms with E-state index in [9.17, 15) is 9.59 Å². The van der Waals surface area contributed by atoms with E-state index in [2.05, 4.69) is 15.6 Å². The van der Waals surface area contributed by atoms with Gasteiger partial charge in [-0.2, -0.15) is 0 Å². The summed E-state index contributed by atoms with van der Waals surface area (Å²) in [5.74, 6) is -0.728. The number of amides is 2. The minimum Gasteiger partial charge on any atom is -0.369 e. The Labute approximate surface area is 222 Å². The largest absolute Gasteiger partial charge is 0.369 e. The van der Waals surface area contributed by atoms with E-state index < -0.39 is 0 Å². The number of halogens is 1. The van der Waals surface area contributed by atoms with Gasteiger partial charge in [0, 0.05) is 30.1 Å². The van der Waals surface area contributed by atoms with Gasteiger partial charge in [0.15, 0.2) is 5.13 Å². The number of nitrogens with zero attached hydrogens (tertiary/aromatic N) is 2. The van der Waals surface area contributed by atoms with Crippen LogP contribution in [-0.2, 0) is 9.59 Å². The molecule has 6 nitrogen and oxygen atoms in total. The number of hydrogen-bond donors (Lipinski definition) is 2. The van der Waals surface area contributed by atoms with Gasteiger partial charge in [-0.15, -0.1) is 11.3 Å². The second kappa shape index (κ2) is 12.3. The first kappa shape index (κ1) is 26.8. The predicted octanol–water partition coefficient (Wildman–Crippen LogP) is 6.60. The van der Waals surface area contributed by atoms with E-state index in [0.29, 0.717) is 29.6 Å². The topological polar surface area (TPSA) is 74.3 Å². The number of carbonyl (C=O) groups is 2. The van der Waals surface area contributed by atoms with E-state index in [1.54, 1.807) is 12.1 Å². The van der Waals surface area contributed by atoms with Gasteiger partial charge >= 0.3 is 0 Å². The summed E-state index contributed by atoms with van der Waals surface area (Å²) in [7, 11) is 0. The van der Waals surface area contributed by atoms with Crippen molar-refractivity contribution in [2.24, 2.45) is 11.8 Å². The third-order valence-electron chi connectivity index (χ3n) is 7.21. The van der Waals surface area contributed by atoms with Crippen molar-refractivity contribution >= 4 is 39.7 Å². The van der Waals surface area contributed by atoms with Crippen molar-refractivity contribution < 1.29 is 14.0 Å². The quantitative estimate of drug-likeness (QED) is 0.332. The summed E-state index contributed by atoms with van der Waals surface area (Å²) >= 11 is 1.43. The lowest BCUT2D eigenvalue weighted by Crippen LogP contribution is -2.39. The zero-order valence-corrected chi connectivity index (χ0v) is 22.5. The van der Waals surface area contributed by atoms with E-state index in [1.807, 2.05) is 61.4 Å². The van der Waals surface area contributed by atoms with E-state index in [4.69, 9.17) is 0 Å². The first-order valence-corrected chi connectivity index (χ1v) is 13.9. The molecule has 2 amide bonds. The molecule has 1 saturated heterocycles. The molecular weight excluding hydrogens is 487 g/mol. The number of aromatic nitrogens is 1. The Bertz CT molecular complexity index is 1200. The second-order valence-electron chi connectivity index (χ2n) is 9.66. The highest BCUT2D eigenvalue weighted by Crippen LogP contribution is 2.36. The molecule has 2 N–H and O–H groups in total. The smallest absolute Gasteiger partial charge is 0.233 e. The average molecular weight is 523 g/mol. The van der Waals surface area contributed by atoms with Crippen LogP contribution < -0.4 is 15.5 Å². The van der Waals surface area contributed by atoms with Crippen molar-refractivity contribution in [2.75, 3.05) is 28.6 Å². The molecule has 2 aromatic carbocycles. The summed E-state index contributed by atoms with van der Waals surface area (Å²) in [6.45, 7) is 7.16. The number of piperidine rings is 1. The van der Waals surface area contributed by atoms with E-state index in [0.717, 1.165) is 36.9 Å². The number of aryl methyl sites for hydroxylation is 1. The van der Waals surface area contributed by atoms with Crippen LogP contribution in [0, 0.1) is 24.6 Å². The Morgan fingerprint density at radius 1 is 1.05 bits per heavy atom. The second-order valence-corrected chi connectivity index (χ2v) is 10.5. The normalized spacial score (nSPS) is 15.0. The molecule has 0 radical (unpaired) electrons. The number of benzene rings is 2. The molecule has 1 aliphatic heterocycles. The van der Waals surface area contributed by atoms with Gasteiger partial charge in [-0.3, -0.25) is 9.59 Å². The van der Waals surface area contributed by atoms with Crippen molar-refractivity contribution in [3.05, 3.63) is 71.0 Å². The van der Waals surface area contributed by atoms with Crippen molar-refractivity contribution in [1.29, 1.82) is 0 Å². The Kier molecular flexibility index (Phi) is 8.92. The first-order chi connectivity index (χ1) is 17.9. The fourth-order valence-electron chi connectivity index (χ4n) is 5.11. The third kappa shape index (κ3) is 6.55. The summed E-state index contributed by atoms with van der Waals surface area (Å²) in [5, 5.41) is 8.38. The molecule has 196 valence electrons. The summed E-state index contributed by atoms with van der Waals surface area (Å²) < 4.78 is 15.1. The maximum absolute atomic E-state index is 15.1. The molecular formula is C29H35FN4O2S. The molecule has 8 heteroatoms. The third-order valence-corrected chi connectivity index (χ3v) is 8.09. The van der Waals surface area contributed by atoms with E-state index in [-0.39, 0.29) is 35.4 Å². The fraction of sp³-hybridized carbons (Fsp3) is 0.414. The molecule has 1 atom stereocenters. The van der Waals surface area contributed by atoms with Crippen LogP contribution in [0.3, 0.4) is 0 Å². The summed E-state index contributed by atoms with van der Waals surface area (Å²) in [6.07, 6.45) is 3.03. The van der Waals surface area contributed by atoms with Crippen LogP contribution in [0.25, 0.3) is 0 Å². The van der Waals surface area contributed by atoms with Crippen molar-refractivity contribution in [3.8, 4) is 0 Å². The predicted molar refractivity (Wildman–Crippen MR) is 149 cm³/mol. The minimum absolute atomic E-state index is 0.0530. The van der Waals surface area contributed by atoms with Gasteiger partial charge in [0.2, 0.25) is 11.8 Å². The highest BCUT2D eigenvalue weighted by atomic mass is 32.1. The molecule has 1 unspecified atom stereocenters. The zero-order chi connectivity index (χ0) is 26.4. The number of carbonyl (C=O) groups excluding carboxylic acids is 2. The summed E-state index contributed by atoms with van der Waals surface area (Å²) in [5.41, 5.74) is 2.87. The Hall–Kier alpha value is -3.26. The molecule has 1 fully saturated rings. The molecule has 1 aliphatic rings. The van der Waals surface area contributed by atoms with Gasteiger partial charge in [-0.05, 0) is 62.3 Å². The number of thiazole rings is 1. The molecule has 37 heavy (non-hydrogen) atoms. The molecule has 0 saturated carbocycles. The molecule has 1 aromatic heterocycles. The van der Waals surface area contributed by atoms with Gasteiger partial charge in [-0.1, -0.05) is 44.2 Å². The fourth-order valence-corrected chi connectivity index (χ4v) is 5.80. The molecule has 0 bridgehead atoms. The van der Waals surface area contributed by atoms with Crippen LogP contribution in [0.15, 0.2) is 53.9 Å². The van der Waals surface area contributed by atoms with E-state index in [1.165, 1.54) is 17.4 Å². The van der Waals surface area contributed by atoms with Crippen LogP contribution >= 0.6 is 11.3 Å². The maximum atomic E-state index is 15.1. The first-order valence-electron chi connectivity index (χ1n) is 13.0. The number of nitrogens with one attached hydrogen (secondary N) is 2. The number of anilines is 3. The highest BCUT2D eigenvalue weighted by Gasteiger charge is 2.33. The average Bonchev–Trinajstić information content (AvgIpc) is 3.30. The Balaban J connectivity index is 1.44. The van der Waals surface area contributed by atoms with Gasteiger partial charge < -0.3 is 15.5 Å². The molecule has 4 rings (SSSR count). The van der Waals surface area contributed by atoms with Crippen LogP contribution in [-0.4, -0.2) is 29.9 Å². The van der Waals surface area contributed by atoms with E-state index >= 15 is 4.39 Å². The zero-order valence-electron chi connectivity index (χ0n) is 21.7. The lowest BCUT2D eigenvalue weighted by molar-refractivity contribution is -0.120. The number of rotatable bonds is 9. The standard InChI is InChI=1S/C29H35FN4O2S/c1-4-20(5-2)27(35)32-23-11-12-25(24(30)17-23)34-15-13-22(14-16-34)26(21-9-7-6-8-10-21)28(36)33-29-31-19(3)18-37-29/h6-12,17-18,20,22,26H,4-5,13-16H2,1-3H3,(H,32,35)(H,31,33,36). The molecule has 0 aliphatic carbocycles. The highest BCUT2D eigenvalue weighted by molar-refractivity contribution is 7.13. The monoisotopic (exact) mass is 522 g/mol. The number of hydrogen-bond acceptors (Lipinski definition) is 5. The van der Waals surface area contributed by atoms with Crippen molar-refractivity contribution in [2.45, 2.75) is 52.4 Å².